The van der Waals surface area contributed by atoms with Gasteiger partial charge in [0, 0.05) is 19.6 Å². The second kappa shape index (κ2) is 7.14. The number of fused-ring (bicyclic) bond motifs is 1. The Morgan fingerprint density at radius 3 is 2.00 bits per heavy atom. The maximum atomic E-state index is 12.7. The average molecular weight is 385 g/mol. The predicted molar refractivity (Wildman–Crippen MR) is 100.0 cm³/mol. The number of nitrogen functional groups attached to an aromatic ring is 1. The molecule has 0 fully saturated rings. The first kappa shape index (κ1) is 19.1. The molecule has 0 atom stereocenters. The van der Waals surface area contributed by atoms with Crippen molar-refractivity contribution in [2.45, 2.75) is 26.4 Å². The largest absolute Gasteiger partial charge is 0.384 e. The lowest BCUT2D eigenvalue weighted by Crippen LogP contribution is -2.46. The molecule has 28 heavy (non-hydrogen) atoms. The summed E-state index contributed by atoms with van der Waals surface area (Å²) in [7, 11) is 0. The van der Waals surface area contributed by atoms with Crippen molar-refractivity contribution in [1.82, 2.24) is 14.0 Å². The number of rotatable bonds is 6. The predicted octanol–water partition coefficient (Wildman–Crippen LogP) is -0.603. The van der Waals surface area contributed by atoms with Crippen molar-refractivity contribution in [2.75, 3.05) is 12.3 Å². The standard InChI is InChI=1S/C18H19N5O5/c1-2-7-23-17(27)12(14(20)24)13(19)21(18(23)28)8-9-22-15(25)10-5-3-4-6-11(10)16(22)26/h3-6H,2,7-9,19H2,1H3,(H2,20,24). The van der Waals surface area contributed by atoms with Crippen LogP contribution in [0.5, 0.6) is 0 Å². The Kier molecular flexibility index (Phi) is 4.87. The first-order valence-corrected chi connectivity index (χ1v) is 8.67. The molecule has 1 aromatic carbocycles. The summed E-state index contributed by atoms with van der Waals surface area (Å²) in [5, 5.41) is 0. The zero-order valence-electron chi connectivity index (χ0n) is 15.2. The summed E-state index contributed by atoms with van der Waals surface area (Å²) in [5.41, 5.74) is 9.59. The molecule has 3 amide bonds. The summed E-state index contributed by atoms with van der Waals surface area (Å²) in [6.07, 6.45) is 0.468. The maximum absolute atomic E-state index is 12.7. The second-order valence-electron chi connectivity index (χ2n) is 6.32. The summed E-state index contributed by atoms with van der Waals surface area (Å²) < 4.78 is 1.86. The topological polar surface area (TPSA) is 150 Å². The average Bonchev–Trinajstić information content (AvgIpc) is 2.90. The van der Waals surface area contributed by atoms with E-state index < -0.39 is 34.5 Å². The van der Waals surface area contributed by atoms with Gasteiger partial charge in [0.25, 0.3) is 23.3 Å². The van der Waals surface area contributed by atoms with E-state index in [4.69, 9.17) is 11.5 Å². The molecule has 0 saturated carbocycles. The Morgan fingerprint density at radius 1 is 0.929 bits per heavy atom. The Labute approximate surface area is 159 Å². The molecule has 0 aliphatic carbocycles. The number of primary amides is 1. The van der Waals surface area contributed by atoms with Crippen LogP contribution in [-0.4, -0.2) is 38.3 Å². The van der Waals surface area contributed by atoms with Crippen molar-refractivity contribution in [1.29, 1.82) is 0 Å². The van der Waals surface area contributed by atoms with Gasteiger partial charge in [-0.1, -0.05) is 19.1 Å². The number of hydrogen-bond donors (Lipinski definition) is 2. The lowest BCUT2D eigenvalue weighted by molar-refractivity contribution is 0.0647. The fourth-order valence-corrected chi connectivity index (χ4v) is 3.23. The normalized spacial score (nSPS) is 13.1. The number of amides is 3. The van der Waals surface area contributed by atoms with Crippen molar-refractivity contribution >= 4 is 23.5 Å². The first-order valence-electron chi connectivity index (χ1n) is 8.67. The zero-order chi connectivity index (χ0) is 20.6. The van der Waals surface area contributed by atoms with Crippen LogP contribution in [0.4, 0.5) is 5.82 Å². The van der Waals surface area contributed by atoms with Crippen LogP contribution in [0.3, 0.4) is 0 Å². The minimum atomic E-state index is -1.05. The highest BCUT2D eigenvalue weighted by Crippen LogP contribution is 2.22. The van der Waals surface area contributed by atoms with E-state index in [0.29, 0.717) is 6.42 Å². The number of carbonyl (C=O) groups is 3. The van der Waals surface area contributed by atoms with Gasteiger partial charge in [0.2, 0.25) is 0 Å². The monoisotopic (exact) mass is 385 g/mol. The molecule has 4 N–H and O–H groups in total. The number of benzene rings is 1. The summed E-state index contributed by atoms with van der Waals surface area (Å²) in [6, 6.07) is 6.39. The molecule has 146 valence electrons. The summed E-state index contributed by atoms with van der Waals surface area (Å²) in [4.78, 5) is 62.6. The molecule has 10 heteroatoms. The van der Waals surface area contributed by atoms with E-state index in [2.05, 4.69) is 0 Å². The summed E-state index contributed by atoms with van der Waals surface area (Å²) >= 11 is 0. The third-order valence-electron chi connectivity index (χ3n) is 4.59. The van der Waals surface area contributed by atoms with Crippen LogP contribution in [0.15, 0.2) is 33.9 Å². The fraction of sp³-hybridized carbons (Fsp3) is 0.278. The van der Waals surface area contributed by atoms with E-state index >= 15 is 0 Å². The van der Waals surface area contributed by atoms with E-state index in [0.717, 1.165) is 14.0 Å². The zero-order valence-corrected chi connectivity index (χ0v) is 15.2. The van der Waals surface area contributed by atoms with E-state index in [1.54, 1.807) is 31.2 Å². The van der Waals surface area contributed by atoms with Gasteiger partial charge in [-0.3, -0.25) is 33.2 Å². The Hall–Kier alpha value is -3.69. The summed E-state index contributed by atoms with van der Waals surface area (Å²) in [5.74, 6) is -2.40. The molecule has 0 spiro atoms. The molecule has 0 radical (unpaired) electrons. The second-order valence-corrected chi connectivity index (χ2v) is 6.32. The van der Waals surface area contributed by atoms with E-state index in [-0.39, 0.29) is 36.6 Å². The van der Waals surface area contributed by atoms with Gasteiger partial charge < -0.3 is 11.5 Å². The van der Waals surface area contributed by atoms with Crippen LogP contribution in [0.1, 0.15) is 44.4 Å². The summed E-state index contributed by atoms with van der Waals surface area (Å²) in [6.45, 7) is 1.50. The van der Waals surface area contributed by atoms with Crippen LogP contribution in [0, 0.1) is 0 Å². The Balaban J connectivity index is 1.99. The third kappa shape index (κ3) is 2.88. The van der Waals surface area contributed by atoms with Crippen LogP contribution in [0.2, 0.25) is 0 Å². The van der Waals surface area contributed by atoms with Crippen molar-refractivity contribution < 1.29 is 14.4 Å². The molecule has 1 aliphatic rings. The van der Waals surface area contributed by atoms with E-state index in [1.165, 1.54) is 0 Å². The number of nitrogens with two attached hydrogens (primary N) is 2. The van der Waals surface area contributed by atoms with Gasteiger partial charge >= 0.3 is 5.69 Å². The van der Waals surface area contributed by atoms with Gasteiger partial charge in [0.15, 0.2) is 0 Å². The lowest BCUT2D eigenvalue weighted by atomic mass is 10.1. The minimum absolute atomic E-state index is 0.0746. The Morgan fingerprint density at radius 2 is 1.50 bits per heavy atom. The first-order chi connectivity index (χ1) is 13.3. The lowest BCUT2D eigenvalue weighted by Gasteiger charge is -2.18. The van der Waals surface area contributed by atoms with Gasteiger partial charge in [-0.15, -0.1) is 0 Å². The number of imide groups is 1. The molecule has 2 heterocycles. The molecular formula is C18H19N5O5. The van der Waals surface area contributed by atoms with Crippen molar-refractivity contribution in [2.24, 2.45) is 5.73 Å². The highest BCUT2D eigenvalue weighted by atomic mass is 16.2. The SMILES string of the molecule is CCCn1c(=O)c(C(N)=O)c(N)n(CCN2C(=O)c3ccccc3C2=O)c1=O. The molecule has 1 aliphatic heterocycles. The third-order valence-corrected chi connectivity index (χ3v) is 4.59. The molecule has 3 rings (SSSR count). The maximum Gasteiger partial charge on any atom is 0.332 e. The van der Waals surface area contributed by atoms with Gasteiger partial charge in [-0.25, -0.2) is 4.79 Å². The van der Waals surface area contributed by atoms with Crippen molar-refractivity contribution in [3.05, 3.63) is 61.8 Å². The quantitative estimate of drug-likeness (QED) is 0.634. The number of nitrogens with zero attached hydrogens (tertiary/aromatic N) is 3. The number of carbonyl (C=O) groups excluding carboxylic acids is 3. The van der Waals surface area contributed by atoms with Gasteiger partial charge in [0.1, 0.15) is 11.4 Å². The minimum Gasteiger partial charge on any atom is -0.384 e. The van der Waals surface area contributed by atoms with Crippen LogP contribution < -0.4 is 22.7 Å². The van der Waals surface area contributed by atoms with Gasteiger partial charge in [0.05, 0.1) is 11.1 Å². The van der Waals surface area contributed by atoms with Crippen molar-refractivity contribution in [3.63, 3.8) is 0 Å². The number of aromatic nitrogens is 2. The molecule has 0 unspecified atom stereocenters. The number of hydrogen-bond acceptors (Lipinski definition) is 6. The van der Waals surface area contributed by atoms with Gasteiger partial charge in [-0.2, -0.15) is 0 Å². The number of anilines is 1. The fourth-order valence-electron chi connectivity index (χ4n) is 3.23. The molecule has 1 aromatic heterocycles. The van der Waals surface area contributed by atoms with Crippen LogP contribution in [-0.2, 0) is 13.1 Å². The highest BCUT2D eigenvalue weighted by Gasteiger charge is 2.35. The molecule has 0 saturated heterocycles. The molecule has 10 nitrogen and oxygen atoms in total. The van der Waals surface area contributed by atoms with E-state index in [9.17, 15) is 24.0 Å². The van der Waals surface area contributed by atoms with Crippen LogP contribution in [0.25, 0.3) is 0 Å². The highest BCUT2D eigenvalue weighted by molar-refractivity contribution is 6.21. The van der Waals surface area contributed by atoms with E-state index in [1.807, 2.05) is 0 Å². The van der Waals surface area contributed by atoms with Crippen LogP contribution >= 0.6 is 0 Å². The molecule has 0 bridgehead atoms. The molecular weight excluding hydrogens is 366 g/mol. The van der Waals surface area contributed by atoms with Crippen molar-refractivity contribution in [3.8, 4) is 0 Å². The Bertz CT molecular complexity index is 1080. The van der Waals surface area contributed by atoms with Gasteiger partial charge in [-0.05, 0) is 18.6 Å². The smallest absolute Gasteiger partial charge is 0.332 e. The molecule has 2 aromatic rings.